The minimum atomic E-state index is -0.757. The number of ketones is 2. The Balaban J connectivity index is 0.000000595. The van der Waals surface area contributed by atoms with Gasteiger partial charge in [0, 0.05) is 30.5 Å². The van der Waals surface area contributed by atoms with E-state index in [-0.39, 0.29) is 11.7 Å². The van der Waals surface area contributed by atoms with Crippen LogP contribution in [0.1, 0.15) is 119 Å². The molecule has 1 heterocycles. The van der Waals surface area contributed by atoms with Crippen LogP contribution in [0.4, 0.5) is 4.79 Å². The van der Waals surface area contributed by atoms with Crippen LogP contribution in [0.2, 0.25) is 0 Å². The maximum Gasteiger partial charge on any atom is 0.315 e. The number of nitrogens with one attached hydrogen (secondary N) is 4. The van der Waals surface area contributed by atoms with E-state index in [4.69, 9.17) is 0 Å². The second kappa shape index (κ2) is 19.2. The third kappa shape index (κ3) is 13.2. The van der Waals surface area contributed by atoms with Crippen LogP contribution in [0.5, 0.6) is 0 Å². The Morgan fingerprint density at radius 1 is 1.02 bits per heavy atom. The quantitative estimate of drug-likeness (QED) is 0.0795. The van der Waals surface area contributed by atoms with E-state index in [2.05, 4.69) is 40.1 Å². The van der Waals surface area contributed by atoms with Crippen LogP contribution < -0.4 is 20.7 Å². The molecule has 3 unspecified atom stereocenters. The second-order valence-electron chi connectivity index (χ2n) is 14.7. The molecule has 46 heavy (non-hydrogen) atoms. The molecule has 4 amide bonds. The van der Waals surface area contributed by atoms with Gasteiger partial charge < -0.3 is 25.6 Å². The number of hydrogen-bond acceptors (Lipinski definition) is 8. The molecule has 2 aliphatic rings. The molecule has 1 aliphatic carbocycles. The summed E-state index contributed by atoms with van der Waals surface area (Å²) in [6.45, 7) is 17.7. The largest absolute Gasteiger partial charge is 0.346 e. The number of unbranched alkanes of at least 4 members (excludes halogenated alkanes) is 1. The Hall–Kier alpha value is -2.73. The van der Waals surface area contributed by atoms with E-state index in [0.29, 0.717) is 32.4 Å². The second-order valence-corrected chi connectivity index (χ2v) is 14.9. The number of aldehydes is 1. The summed E-state index contributed by atoms with van der Waals surface area (Å²) in [4.78, 5) is 74.9. The van der Waals surface area contributed by atoms with Crippen molar-refractivity contribution in [1.82, 2.24) is 25.6 Å². The van der Waals surface area contributed by atoms with Gasteiger partial charge in [0.1, 0.15) is 18.1 Å². The lowest BCUT2D eigenvalue weighted by Crippen LogP contribution is -2.61. The van der Waals surface area contributed by atoms with Gasteiger partial charge in [-0.2, -0.15) is 0 Å². The highest BCUT2D eigenvalue weighted by Gasteiger charge is 2.42. The molecule has 1 saturated heterocycles. The minimum Gasteiger partial charge on any atom is -0.346 e. The van der Waals surface area contributed by atoms with Crippen molar-refractivity contribution >= 4 is 48.5 Å². The lowest BCUT2D eigenvalue weighted by molar-refractivity contribution is -0.138. The van der Waals surface area contributed by atoms with Crippen molar-refractivity contribution < 1.29 is 28.8 Å². The zero-order valence-corrected chi connectivity index (χ0v) is 30.0. The normalized spacial score (nSPS) is 19.0. The van der Waals surface area contributed by atoms with Gasteiger partial charge in [0.15, 0.2) is 0 Å². The first-order valence-corrected chi connectivity index (χ1v) is 17.1. The minimum absolute atomic E-state index is 0.129. The Labute approximate surface area is 281 Å². The summed E-state index contributed by atoms with van der Waals surface area (Å²) >= 11 is 3.84. The molecule has 0 aromatic carbocycles. The van der Waals surface area contributed by atoms with Crippen molar-refractivity contribution in [1.29, 1.82) is 0 Å². The lowest BCUT2D eigenvalue weighted by atomic mass is 9.74. The third-order valence-electron chi connectivity index (χ3n) is 8.60. The zero-order valence-electron chi connectivity index (χ0n) is 29.1. The van der Waals surface area contributed by atoms with Crippen LogP contribution in [-0.2, 0) is 24.0 Å². The first-order chi connectivity index (χ1) is 21.5. The van der Waals surface area contributed by atoms with E-state index < -0.39 is 52.2 Å². The van der Waals surface area contributed by atoms with Crippen molar-refractivity contribution in [3.8, 4) is 0 Å². The summed E-state index contributed by atoms with van der Waals surface area (Å²) in [5.74, 6) is -1.15. The average Bonchev–Trinajstić information content (AvgIpc) is 3.47. The summed E-state index contributed by atoms with van der Waals surface area (Å²) < 4.78 is 2.55. The van der Waals surface area contributed by atoms with Gasteiger partial charge in [-0.15, -0.1) is 6.58 Å². The van der Waals surface area contributed by atoms with Gasteiger partial charge in [0.25, 0.3) is 5.91 Å². The molecule has 262 valence electrons. The van der Waals surface area contributed by atoms with E-state index >= 15 is 0 Å². The fourth-order valence-electron chi connectivity index (χ4n) is 5.65. The highest BCUT2D eigenvalue weighted by molar-refractivity contribution is 7.78. The predicted octanol–water partition coefficient (Wildman–Crippen LogP) is 4.45. The molecule has 12 heteroatoms. The van der Waals surface area contributed by atoms with Crippen LogP contribution in [-0.4, -0.2) is 77.4 Å². The Kier molecular flexibility index (Phi) is 17.2. The maximum absolute atomic E-state index is 13.2. The Bertz CT molecular complexity index is 1060. The molecule has 11 nitrogen and oxygen atoms in total. The molecule has 0 bridgehead atoms. The molecule has 1 aliphatic heterocycles. The van der Waals surface area contributed by atoms with Crippen molar-refractivity contribution in [3.63, 3.8) is 0 Å². The molecule has 0 spiro atoms. The number of rotatable bonds is 14. The molecular weight excluding hydrogens is 606 g/mol. The van der Waals surface area contributed by atoms with Crippen LogP contribution in [0.3, 0.4) is 0 Å². The van der Waals surface area contributed by atoms with Crippen molar-refractivity contribution in [2.75, 3.05) is 13.1 Å². The summed E-state index contributed by atoms with van der Waals surface area (Å²) in [7, 11) is 0. The summed E-state index contributed by atoms with van der Waals surface area (Å²) in [6.07, 6.45) is 11.1. The van der Waals surface area contributed by atoms with Gasteiger partial charge in [0.2, 0.25) is 11.7 Å². The molecule has 4 N–H and O–H groups in total. The van der Waals surface area contributed by atoms with Gasteiger partial charge >= 0.3 is 6.03 Å². The SMILES string of the molecule is C=CCNC(=O)C(=O)C(CCCC)NS.CC(C)(C)C(=O)CC1(NC(=O)NC(C(=O)N2CCCC2C=O)C(C)(C)C)CCCCC1. The number of thiol groups is 1. The number of amides is 4. The smallest absolute Gasteiger partial charge is 0.315 e. The standard InChI is InChI=1S/C24H41N3O4.C10H18N2O2S/c1-22(2,3)18(29)15-24(12-8-7-9-13-24)26-21(31)25-19(23(4,5)6)20(30)27-14-10-11-17(27)16-28;1-3-5-6-8(12-15)9(13)10(14)11-7-4-2/h16-17,19H,7-15H2,1-6H3,(H2,25,26,31);4,8,12,15H,2-3,5-7H2,1H3,(H,11,14). The van der Waals surface area contributed by atoms with E-state index in [9.17, 15) is 28.8 Å². The lowest BCUT2D eigenvalue weighted by Gasteiger charge is -2.40. The molecule has 1 saturated carbocycles. The average molecular weight is 666 g/mol. The van der Waals surface area contributed by atoms with Crippen LogP contribution >= 0.6 is 12.8 Å². The van der Waals surface area contributed by atoms with Crippen molar-refractivity contribution in [3.05, 3.63) is 12.7 Å². The van der Waals surface area contributed by atoms with Crippen LogP contribution in [0.25, 0.3) is 0 Å². The highest BCUT2D eigenvalue weighted by Crippen LogP contribution is 2.34. The summed E-state index contributed by atoms with van der Waals surface area (Å²) in [6, 6.07) is -2.10. The van der Waals surface area contributed by atoms with Gasteiger partial charge in [-0.1, -0.05) is 99.5 Å². The fraction of sp³-hybridized carbons (Fsp3) is 0.765. The number of likely N-dealkylation sites (tertiary alicyclic amines) is 1. The molecule has 2 rings (SSSR count). The van der Waals surface area contributed by atoms with Gasteiger partial charge in [-0.25, -0.2) is 4.79 Å². The predicted molar refractivity (Wildman–Crippen MR) is 184 cm³/mol. The third-order valence-corrected chi connectivity index (χ3v) is 8.91. The number of hydrogen-bond donors (Lipinski definition) is 5. The molecule has 2 fully saturated rings. The van der Waals surface area contributed by atoms with Gasteiger partial charge in [-0.05, 0) is 37.5 Å². The van der Waals surface area contributed by atoms with Crippen LogP contribution in [0, 0.1) is 10.8 Å². The van der Waals surface area contributed by atoms with Gasteiger partial charge in [-0.3, -0.25) is 23.9 Å². The molecule has 0 radical (unpaired) electrons. The maximum atomic E-state index is 13.2. The topological polar surface area (TPSA) is 154 Å². The number of nitrogens with zero attached hydrogens (tertiary/aromatic N) is 1. The first-order valence-electron chi connectivity index (χ1n) is 16.7. The molecule has 0 aromatic heterocycles. The van der Waals surface area contributed by atoms with Crippen molar-refractivity contribution in [2.45, 2.75) is 143 Å². The molecule has 3 atom stereocenters. The summed E-state index contributed by atoms with van der Waals surface area (Å²) in [5, 5.41) is 8.43. The Morgan fingerprint density at radius 3 is 2.15 bits per heavy atom. The number of urea groups is 1. The number of carbonyl (C=O) groups is 6. The summed E-state index contributed by atoms with van der Waals surface area (Å²) in [5.41, 5.74) is -1.56. The zero-order chi connectivity index (χ0) is 35.1. The van der Waals surface area contributed by atoms with Crippen LogP contribution in [0.15, 0.2) is 12.7 Å². The van der Waals surface area contributed by atoms with E-state index in [1.165, 1.54) is 6.08 Å². The Morgan fingerprint density at radius 2 is 1.65 bits per heavy atom. The highest BCUT2D eigenvalue weighted by atomic mass is 32.1. The monoisotopic (exact) mass is 665 g/mol. The number of carbonyl (C=O) groups excluding carboxylic acids is 6. The van der Waals surface area contributed by atoms with E-state index in [1.54, 1.807) is 4.90 Å². The number of Topliss-reactive ketones (excluding diaryl/α,β-unsaturated/α-hetero) is 2. The molecular formula is C34H59N5O6S. The first kappa shape index (κ1) is 41.3. The van der Waals surface area contributed by atoms with Crippen molar-refractivity contribution in [2.24, 2.45) is 10.8 Å². The van der Waals surface area contributed by atoms with E-state index in [0.717, 1.165) is 57.7 Å². The van der Waals surface area contributed by atoms with Gasteiger partial charge in [0.05, 0.1) is 12.1 Å². The fourth-order valence-corrected chi connectivity index (χ4v) is 5.90. The van der Waals surface area contributed by atoms with E-state index in [1.807, 2.05) is 48.5 Å². The molecule has 0 aromatic rings.